The number of nitrogens with one attached hydrogen (secondary N) is 2. The molecule has 3 amide bonds. The molecule has 1 saturated heterocycles. The lowest BCUT2D eigenvalue weighted by molar-refractivity contribution is -0.149. The first-order valence-electron chi connectivity index (χ1n) is 16.0. The number of esters is 2. The first-order chi connectivity index (χ1) is 23.9. The van der Waals surface area contributed by atoms with Crippen LogP contribution in [0, 0.1) is 0 Å². The summed E-state index contributed by atoms with van der Waals surface area (Å²) in [6.07, 6.45) is -1.17. The van der Waals surface area contributed by atoms with Gasteiger partial charge in [-0.2, -0.15) is 0 Å². The molecular weight excluding hydrogens is 690 g/mol. The lowest BCUT2D eigenvalue weighted by Crippen LogP contribution is -2.49. The van der Waals surface area contributed by atoms with Crippen LogP contribution < -0.4 is 20.5 Å². The minimum Gasteiger partial charge on any atom is -0.488 e. The second-order valence-electron chi connectivity index (χ2n) is 11.7. The second kappa shape index (κ2) is 15.8. The molecule has 14 nitrogen and oxygen atoms in total. The summed E-state index contributed by atoms with van der Waals surface area (Å²) in [6, 6.07) is 17.2. The fourth-order valence-electron chi connectivity index (χ4n) is 5.78. The van der Waals surface area contributed by atoms with Gasteiger partial charge in [-0.1, -0.05) is 54.1 Å². The second-order valence-corrected chi connectivity index (χ2v) is 13.6. The zero-order valence-corrected chi connectivity index (χ0v) is 29.0. The van der Waals surface area contributed by atoms with E-state index >= 15 is 0 Å². The fourth-order valence-corrected chi connectivity index (χ4v) is 6.88. The van der Waals surface area contributed by atoms with Gasteiger partial charge in [-0.3, -0.25) is 9.59 Å². The summed E-state index contributed by atoms with van der Waals surface area (Å²) < 4.78 is 40.8. The van der Waals surface area contributed by atoms with Gasteiger partial charge in [0.05, 0.1) is 35.8 Å². The van der Waals surface area contributed by atoms with E-state index in [1.807, 2.05) is 30.3 Å². The summed E-state index contributed by atoms with van der Waals surface area (Å²) in [5.74, 6) is -1.14. The monoisotopic (exact) mass is 727 g/mol. The topological polar surface area (TPSA) is 187 Å². The third-order valence-corrected chi connectivity index (χ3v) is 9.62. The Balaban J connectivity index is 1.32. The minimum atomic E-state index is -4.15. The number of fused-ring (bicyclic) bond motifs is 1. The van der Waals surface area contributed by atoms with Crippen molar-refractivity contribution in [1.82, 2.24) is 15.1 Å². The molecule has 2 aliphatic rings. The van der Waals surface area contributed by atoms with E-state index in [0.29, 0.717) is 23.5 Å². The molecule has 0 radical (unpaired) electrons. The number of primary sulfonamides is 1. The van der Waals surface area contributed by atoms with Gasteiger partial charge in [-0.25, -0.2) is 23.1 Å². The van der Waals surface area contributed by atoms with E-state index in [1.165, 1.54) is 15.9 Å². The van der Waals surface area contributed by atoms with Crippen LogP contribution in [0.15, 0.2) is 71.6 Å². The van der Waals surface area contributed by atoms with Gasteiger partial charge in [0.25, 0.3) is 5.91 Å². The summed E-state index contributed by atoms with van der Waals surface area (Å²) in [6.45, 7) is 4.23. The van der Waals surface area contributed by atoms with Gasteiger partial charge in [0.1, 0.15) is 35.6 Å². The Hall–Kier alpha value is -4.86. The molecule has 3 atom stereocenters. The molecular formula is C34H38ClN5O9S. The highest BCUT2D eigenvalue weighted by molar-refractivity contribution is 7.89. The van der Waals surface area contributed by atoms with Crippen LogP contribution in [0.1, 0.15) is 54.3 Å². The normalized spacial score (nSPS) is 18.4. The van der Waals surface area contributed by atoms with Crippen molar-refractivity contribution in [3.63, 3.8) is 0 Å². The van der Waals surface area contributed by atoms with E-state index in [-0.39, 0.29) is 54.6 Å². The summed E-state index contributed by atoms with van der Waals surface area (Å²) in [7, 11) is -4.15. The van der Waals surface area contributed by atoms with Gasteiger partial charge in [-0.15, -0.1) is 0 Å². The number of nitrogens with two attached hydrogens (primary N) is 1. The standard InChI is InChI=1S/C34H38ClN5O9S/c1-3-39(14-13-30(41)47-4-2)34(44)40-19-24(16-28(40)33(43)48-20-21-9-6-5-7-10-21)49-23-12-8-11-22(15-23)31-37-27-18-26(35)29(50(36,45)46)17-25(27)32(42)38-31/h5-12,15,17-18,24,28,31,37H,3-4,13-14,16,19-20H2,1-2H3,(H,38,42)(H2,36,45,46)/t24-,28-,31?/m0/s1. The molecule has 1 fully saturated rings. The third-order valence-electron chi connectivity index (χ3n) is 8.24. The van der Waals surface area contributed by atoms with E-state index in [0.717, 1.165) is 11.6 Å². The highest BCUT2D eigenvalue weighted by Crippen LogP contribution is 2.34. The van der Waals surface area contributed by atoms with Crippen LogP contribution in [0.4, 0.5) is 10.5 Å². The Morgan fingerprint density at radius 2 is 1.78 bits per heavy atom. The van der Waals surface area contributed by atoms with E-state index < -0.39 is 52.2 Å². The number of halogens is 1. The SMILES string of the molecule is CCOC(=O)CCN(CC)C(=O)N1C[C@@H](Oc2cccc(C3NC(=O)c4cc(S(N)(=O)=O)c(Cl)cc4N3)c2)C[C@H]1C(=O)OCc1ccccc1. The fraction of sp³-hybridized carbons (Fsp3) is 0.353. The van der Waals surface area contributed by atoms with Crippen LogP contribution in [0.5, 0.6) is 5.75 Å². The molecule has 0 bridgehead atoms. The van der Waals surface area contributed by atoms with E-state index in [9.17, 15) is 27.6 Å². The molecule has 0 spiro atoms. The first-order valence-corrected chi connectivity index (χ1v) is 17.9. The number of anilines is 1. The Bertz CT molecular complexity index is 1860. The summed E-state index contributed by atoms with van der Waals surface area (Å²) >= 11 is 6.16. The van der Waals surface area contributed by atoms with Gasteiger partial charge >= 0.3 is 18.0 Å². The van der Waals surface area contributed by atoms with Crippen LogP contribution in [0.3, 0.4) is 0 Å². The summed E-state index contributed by atoms with van der Waals surface area (Å²) in [4.78, 5) is 54.7. The molecule has 0 aromatic heterocycles. The zero-order chi connectivity index (χ0) is 36.0. The zero-order valence-electron chi connectivity index (χ0n) is 27.5. The quantitative estimate of drug-likeness (QED) is 0.232. The van der Waals surface area contributed by atoms with Crippen LogP contribution in [-0.4, -0.2) is 80.5 Å². The molecule has 0 saturated carbocycles. The van der Waals surface area contributed by atoms with E-state index in [2.05, 4.69) is 10.6 Å². The van der Waals surface area contributed by atoms with Gasteiger partial charge in [-0.05, 0) is 49.2 Å². The van der Waals surface area contributed by atoms with Crippen LogP contribution in [-0.2, 0) is 35.7 Å². The van der Waals surface area contributed by atoms with Gasteiger partial charge in [0.2, 0.25) is 10.0 Å². The number of urea groups is 1. The average molecular weight is 728 g/mol. The molecule has 2 aliphatic heterocycles. The minimum absolute atomic E-state index is 0.00675. The van der Waals surface area contributed by atoms with Crippen molar-refractivity contribution < 1.29 is 41.8 Å². The number of hydrogen-bond acceptors (Lipinski definition) is 10. The predicted octanol–water partition coefficient (Wildman–Crippen LogP) is 3.80. The smallest absolute Gasteiger partial charge is 0.329 e. The predicted molar refractivity (Wildman–Crippen MR) is 183 cm³/mol. The number of likely N-dealkylation sites (tertiary alicyclic amines) is 1. The lowest BCUT2D eigenvalue weighted by Gasteiger charge is -2.30. The van der Waals surface area contributed by atoms with Crippen LogP contribution in [0.2, 0.25) is 5.02 Å². The average Bonchev–Trinajstić information content (AvgIpc) is 3.51. The number of benzene rings is 3. The number of sulfonamides is 1. The van der Waals surface area contributed by atoms with Crippen molar-refractivity contribution in [1.29, 1.82) is 0 Å². The van der Waals surface area contributed by atoms with Crippen molar-refractivity contribution in [2.75, 3.05) is 31.6 Å². The maximum absolute atomic E-state index is 13.8. The number of nitrogens with zero attached hydrogens (tertiary/aromatic N) is 2. The molecule has 0 aliphatic carbocycles. The van der Waals surface area contributed by atoms with Crippen molar-refractivity contribution in [2.24, 2.45) is 5.14 Å². The summed E-state index contributed by atoms with van der Waals surface area (Å²) in [5, 5.41) is 11.0. The molecule has 266 valence electrons. The highest BCUT2D eigenvalue weighted by atomic mass is 35.5. The number of amides is 3. The third kappa shape index (κ3) is 8.64. The molecule has 50 heavy (non-hydrogen) atoms. The number of carbonyl (C=O) groups excluding carboxylic acids is 4. The Morgan fingerprint density at radius 3 is 2.48 bits per heavy atom. The number of hydrogen-bond donors (Lipinski definition) is 3. The van der Waals surface area contributed by atoms with E-state index in [1.54, 1.807) is 38.1 Å². The van der Waals surface area contributed by atoms with Crippen molar-refractivity contribution in [3.05, 3.63) is 88.4 Å². The molecule has 16 heteroatoms. The highest BCUT2D eigenvalue weighted by Gasteiger charge is 2.43. The summed E-state index contributed by atoms with van der Waals surface area (Å²) in [5.41, 5.74) is 1.78. The van der Waals surface area contributed by atoms with Crippen LogP contribution in [0.25, 0.3) is 0 Å². The maximum Gasteiger partial charge on any atom is 0.329 e. The molecule has 5 rings (SSSR count). The molecule has 2 heterocycles. The lowest BCUT2D eigenvalue weighted by atomic mass is 10.1. The first kappa shape index (κ1) is 36.4. The maximum atomic E-state index is 13.8. The van der Waals surface area contributed by atoms with Gasteiger partial charge in [0, 0.05) is 19.5 Å². The Kier molecular flexibility index (Phi) is 11.5. The van der Waals surface area contributed by atoms with Crippen molar-refractivity contribution in [2.45, 2.75) is 56.5 Å². The largest absolute Gasteiger partial charge is 0.488 e. The van der Waals surface area contributed by atoms with Gasteiger partial charge < -0.3 is 34.6 Å². The molecule has 3 aromatic rings. The van der Waals surface area contributed by atoms with E-state index in [4.69, 9.17) is 31.0 Å². The number of carbonyl (C=O) groups is 4. The molecule has 4 N–H and O–H groups in total. The van der Waals surface area contributed by atoms with Crippen molar-refractivity contribution in [3.8, 4) is 5.75 Å². The van der Waals surface area contributed by atoms with Gasteiger partial charge in [0.15, 0.2) is 0 Å². The Labute approximate surface area is 294 Å². The number of ether oxygens (including phenoxy) is 3. The van der Waals surface area contributed by atoms with Crippen LogP contribution >= 0.6 is 11.6 Å². The Morgan fingerprint density at radius 1 is 1.02 bits per heavy atom. The molecule has 3 aromatic carbocycles. The van der Waals surface area contributed by atoms with Crippen molar-refractivity contribution >= 4 is 51.2 Å². The molecule has 1 unspecified atom stereocenters. The number of rotatable bonds is 12.